The third kappa shape index (κ3) is 2.28. The molecule has 2 heteroatoms. The predicted molar refractivity (Wildman–Crippen MR) is 79.6 cm³/mol. The molecule has 0 amide bonds. The first-order valence-corrected chi connectivity index (χ1v) is 6.30. The van der Waals surface area contributed by atoms with Crippen molar-refractivity contribution in [3.63, 3.8) is 0 Å². The van der Waals surface area contributed by atoms with Crippen molar-refractivity contribution in [2.75, 3.05) is 5.73 Å². The van der Waals surface area contributed by atoms with E-state index in [4.69, 9.17) is 5.73 Å². The number of benzene rings is 2. The molecule has 1 aromatic heterocycles. The molecule has 2 N–H and O–H groups in total. The first-order chi connectivity index (χ1) is 8.77. The summed E-state index contributed by atoms with van der Waals surface area (Å²) >= 11 is 0. The summed E-state index contributed by atoms with van der Waals surface area (Å²) in [4.78, 5) is 4.56. The van der Waals surface area contributed by atoms with Crippen molar-refractivity contribution in [3.8, 4) is 0 Å². The molecule has 0 aliphatic rings. The maximum atomic E-state index is 6.11. The Labute approximate surface area is 107 Å². The normalized spacial score (nSPS) is 10.1. The molecule has 0 atom stereocenters. The molecule has 2 aromatic carbocycles. The molecule has 0 saturated carbocycles. The summed E-state index contributed by atoms with van der Waals surface area (Å²) in [6.07, 6.45) is 1.25. The molecule has 0 aliphatic carbocycles. The molecule has 0 bridgehead atoms. The maximum Gasteiger partial charge on any atom is 0.0730 e. The highest BCUT2D eigenvalue weighted by atomic mass is 14.7. The number of rotatable bonds is 0. The van der Waals surface area contributed by atoms with Gasteiger partial charge >= 0.3 is 0 Å². The van der Waals surface area contributed by atoms with Gasteiger partial charge in [0, 0.05) is 10.8 Å². The summed E-state index contributed by atoms with van der Waals surface area (Å²) in [5, 5.41) is 2.05. The van der Waals surface area contributed by atoms with Gasteiger partial charge in [-0.3, -0.25) is 0 Å². The Balaban J connectivity index is 0.000000367. The molecule has 0 unspecified atom stereocenters. The predicted octanol–water partition coefficient (Wildman–Crippen LogP) is 4.39. The van der Waals surface area contributed by atoms with Crippen LogP contribution in [0.4, 0.5) is 5.69 Å². The molecule has 0 fully saturated rings. The fourth-order valence-corrected chi connectivity index (χ4v) is 1.87. The number of nitrogens with two attached hydrogens (primary N) is 1. The quantitative estimate of drug-likeness (QED) is 0.590. The molecule has 18 heavy (non-hydrogen) atoms. The molecule has 1 heterocycles. The van der Waals surface area contributed by atoms with E-state index in [0.717, 1.165) is 27.5 Å². The Kier molecular flexibility index (Phi) is 3.78. The molecule has 0 spiro atoms. The van der Waals surface area contributed by atoms with Crippen LogP contribution in [0.3, 0.4) is 0 Å². The van der Waals surface area contributed by atoms with Gasteiger partial charge in [-0.1, -0.05) is 56.7 Å². The summed E-state index contributed by atoms with van der Waals surface area (Å²) in [7, 11) is 0. The molecule has 2 nitrogen and oxygen atoms in total. The minimum atomic E-state index is 0.816. The molecule has 92 valence electrons. The van der Waals surface area contributed by atoms with Crippen LogP contribution in [0.1, 0.15) is 20.3 Å². The number of hydrogen-bond donors (Lipinski definition) is 1. The number of fused-ring (bicyclic) bond motifs is 2. The van der Waals surface area contributed by atoms with Crippen molar-refractivity contribution < 1.29 is 0 Å². The molecule has 0 aliphatic heterocycles. The zero-order chi connectivity index (χ0) is 13.0. The van der Waals surface area contributed by atoms with Crippen molar-refractivity contribution in [2.24, 2.45) is 0 Å². The molecule has 3 aromatic rings. The van der Waals surface area contributed by atoms with Crippen LogP contribution in [0.25, 0.3) is 21.8 Å². The molecular weight excluding hydrogens is 220 g/mol. The summed E-state index contributed by atoms with van der Waals surface area (Å²) in [5.41, 5.74) is 8.84. The van der Waals surface area contributed by atoms with Crippen LogP contribution < -0.4 is 5.73 Å². The Morgan fingerprint density at radius 2 is 1.22 bits per heavy atom. The van der Waals surface area contributed by atoms with Crippen LogP contribution in [-0.2, 0) is 0 Å². The number of pyridine rings is 1. The summed E-state index contributed by atoms with van der Waals surface area (Å²) in [6.45, 7) is 4.25. The van der Waals surface area contributed by atoms with Crippen molar-refractivity contribution in [1.29, 1.82) is 0 Å². The Bertz CT molecular complexity index is 605. The van der Waals surface area contributed by atoms with E-state index in [1.165, 1.54) is 6.42 Å². The van der Waals surface area contributed by atoms with Gasteiger partial charge in [0.15, 0.2) is 0 Å². The standard InChI is InChI=1S/C13H10N2.C3H8/c14-13-9-5-1-3-7-11(9)15-12-8-4-2-6-10(12)13;1-3-2/h1-8H,(H2,14,15);3H2,1-2H3. The summed E-state index contributed by atoms with van der Waals surface area (Å²) in [5.74, 6) is 0. The van der Waals surface area contributed by atoms with Gasteiger partial charge in [0.2, 0.25) is 0 Å². The van der Waals surface area contributed by atoms with E-state index < -0.39 is 0 Å². The largest absolute Gasteiger partial charge is 0.398 e. The van der Waals surface area contributed by atoms with E-state index >= 15 is 0 Å². The Hall–Kier alpha value is -2.09. The number of nitrogen functional groups attached to an aromatic ring is 1. The Morgan fingerprint density at radius 1 is 0.833 bits per heavy atom. The first kappa shape index (κ1) is 12.4. The van der Waals surface area contributed by atoms with E-state index in [9.17, 15) is 0 Å². The lowest BCUT2D eigenvalue weighted by atomic mass is 10.1. The second kappa shape index (κ2) is 5.50. The van der Waals surface area contributed by atoms with Crippen LogP contribution in [0, 0.1) is 0 Å². The minimum Gasteiger partial charge on any atom is -0.398 e. The summed E-state index contributed by atoms with van der Waals surface area (Å²) in [6, 6.07) is 15.9. The fourth-order valence-electron chi connectivity index (χ4n) is 1.87. The van der Waals surface area contributed by atoms with Gasteiger partial charge in [-0.15, -0.1) is 0 Å². The summed E-state index contributed by atoms with van der Waals surface area (Å²) < 4.78 is 0. The number of hydrogen-bond acceptors (Lipinski definition) is 2. The first-order valence-electron chi connectivity index (χ1n) is 6.30. The average Bonchev–Trinajstić information content (AvgIpc) is 2.40. The number of anilines is 1. The van der Waals surface area contributed by atoms with E-state index in [1.807, 2.05) is 48.5 Å². The van der Waals surface area contributed by atoms with Crippen LogP contribution in [0.15, 0.2) is 48.5 Å². The lowest BCUT2D eigenvalue weighted by Gasteiger charge is -2.05. The minimum absolute atomic E-state index is 0.816. The van der Waals surface area contributed by atoms with Gasteiger partial charge < -0.3 is 5.73 Å². The zero-order valence-corrected chi connectivity index (χ0v) is 10.9. The topological polar surface area (TPSA) is 38.9 Å². The third-order valence-corrected chi connectivity index (χ3v) is 2.63. The van der Waals surface area contributed by atoms with Gasteiger partial charge in [-0.2, -0.15) is 0 Å². The van der Waals surface area contributed by atoms with Crippen molar-refractivity contribution in [3.05, 3.63) is 48.5 Å². The number of nitrogens with zero attached hydrogens (tertiary/aromatic N) is 1. The maximum absolute atomic E-state index is 6.11. The fraction of sp³-hybridized carbons (Fsp3) is 0.188. The lowest BCUT2D eigenvalue weighted by Crippen LogP contribution is -1.91. The monoisotopic (exact) mass is 238 g/mol. The van der Waals surface area contributed by atoms with Crippen LogP contribution >= 0.6 is 0 Å². The third-order valence-electron chi connectivity index (χ3n) is 2.63. The van der Waals surface area contributed by atoms with Crippen LogP contribution in [-0.4, -0.2) is 4.98 Å². The van der Waals surface area contributed by atoms with Crippen molar-refractivity contribution in [2.45, 2.75) is 20.3 Å². The lowest BCUT2D eigenvalue weighted by molar-refractivity contribution is 1.09. The second-order valence-corrected chi connectivity index (χ2v) is 4.27. The van der Waals surface area contributed by atoms with Gasteiger partial charge in [-0.25, -0.2) is 4.98 Å². The van der Waals surface area contributed by atoms with Crippen LogP contribution in [0.5, 0.6) is 0 Å². The van der Waals surface area contributed by atoms with Gasteiger partial charge in [0.1, 0.15) is 0 Å². The van der Waals surface area contributed by atoms with Gasteiger partial charge in [0.25, 0.3) is 0 Å². The van der Waals surface area contributed by atoms with E-state index in [1.54, 1.807) is 0 Å². The van der Waals surface area contributed by atoms with Gasteiger partial charge in [0.05, 0.1) is 16.7 Å². The van der Waals surface area contributed by atoms with E-state index in [0.29, 0.717) is 0 Å². The van der Waals surface area contributed by atoms with Crippen LogP contribution in [0.2, 0.25) is 0 Å². The average molecular weight is 238 g/mol. The SMILES string of the molecule is CCC.Nc1c2ccccc2nc2ccccc12. The number of para-hydroxylation sites is 2. The smallest absolute Gasteiger partial charge is 0.0730 e. The molecule has 0 saturated heterocycles. The molecule has 0 radical (unpaired) electrons. The van der Waals surface area contributed by atoms with E-state index in [-0.39, 0.29) is 0 Å². The zero-order valence-electron chi connectivity index (χ0n) is 10.9. The van der Waals surface area contributed by atoms with Gasteiger partial charge in [-0.05, 0) is 12.1 Å². The van der Waals surface area contributed by atoms with E-state index in [2.05, 4.69) is 18.8 Å². The second-order valence-electron chi connectivity index (χ2n) is 4.27. The molecule has 3 rings (SSSR count). The van der Waals surface area contributed by atoms with Crippen molar-refractivity contribution >= 4 is 27.5 Å². The number of aromatic nitrogens is 1. The highest BCUT2D eigenvalue weighted by molar-refractivity contribution is 6.06. The molecular formula is C16H18N2. The van der Waals surface area contributed by atoms with Crippen molar-refractivity contribution in [1.82, 2.24) is 4.98 Å². The highest BCUT2D eigenvalue weighted by Gasteiger charge is 2.03. The Morgan fingerprint density at radius 3 is 1.67 bits per heavy atom. The highest BCUT2D eigenvalue weighted by Crippen LogP contribution is 2.27.